The van der Waals surface area contributed by atoms with Gasteiger partial charge in [-0.15, -0.1) is 24.0 Å². The van der Waals surface area contributed by atoms with Crippen molar-refractivity contribution >= 4 is 39.8 Å². The van der Waals surface area contributed by atoms with E-state index >= 15 is 0 Å². The van der Waals surface area contributed by atoms with Crippen LogP contribution >= 0.6 is 24.0 Å². The maximum absolute atomic E-state index is 11.7. The molecule has 0 saturated heterocycles. The molecule has 0 radical (unpaired) electrons. The quantitative estimate of drug-likeness (QED) is 0.280. The first kappa shape index (κ1) is 25.4. The second-order valence-corrected chi connectivity index (χ2v) is 9.15. The minimum absolute atomic E-state index is 0. The van der Waals surface area contributed by atoms with Crippen LogP contribution in [0.15, 0.2) is 65.7 Å². The molecule has 2 rings (SSSR count). The fourth-order valence-corrected chi connectivity index (χ4v) is 3.63. The van der Waals surface area contributed by atoms with Crippen molar-refractivity contribution in [1.82, 2.24) is 10.6 Å². The molecule has 0 spiro atoms. The highest BCUT2D eigenvalue weighted by atomic mass is 127. The summed E-state index contributed by atoms with van der Waals surface area (Å²) in [4.78, 5) is 4.73. The van der Waals surface area contributed by atoms with Gasteiger partial charge in [0.15, 0.2) is 15.8 Å². The molecule has 0 amide bonds. The smallest absolute Gasteiger partial charge is 0.191 e. The maximum atomic E-state index is 11.7. The first-order valence-corrected chi connectivity index (χ1v) is 11.7. The van der Waals surface area contributed by atoms with E-state index in [-0.39, 0.29) is 41.4 Å². The Hall–Kier alpha value is -1.61. The molecule has 0 aromatic heterocycles. The topological polar surface area (TPSA) is 70.6 Å². The fourth-order valence-electron chi connectivity index (χ4n) is 2.92. The average molecular weight is 529 g/mol. The van der Waals surface area contributed by atoms with Crippen molar-refractivity contribution in [2.24, 2.45) is 4.99 Å². The van der Waals surface area contributed by atoms with Gasteiger partial charge in [0, 0.05) is 31.3 Å². The molecule has 2 N–H and O–H groups in total. The number of nitrogens with one attached hydrogen (secondary N) is 2. The molecule has 0 saturated carbocycles. The molecule has 160 valence electrons. The Morgan fingerprint density at radius 1 is 0.966 bits per heavy atom. The zero-order valence-corrected chi connectivity index (χ0v) is 20.3. The normalized spacial score (nSPS) is 12.7. The van der Waals surface area contributed by atoms with Gasteiger partial charge in [-0.2, -0.15) is 0 Å². The van der Waals surface area contributed by atoms with Crippen molar-refractivity contribution in [3.05, 3.63) is 71.8 Å². The zero-order valence-electron chi connectivity index (χ0n) is 17.2. The highest BCUT2D eigenvalue weighted by Gasteiger charge is 2.13. The van der Waals surface area contributed by atoms with E-state index in [1.807, 2.05) is 19.1 Å². The van der Waals surface area contributed by atoms with Crippen LogP contribution in [0.25, 0.3) is 0 Å². The number of benzene rings is 2. The van der Waals surface area contributed by atoms with E-state index in [2.05, 4.69) is 59.2 Å². The van der Waals surface area contributed by atoms with Gasteiger partial charge in [0.2, 0.25) is 0 Å². The molecule has 2 aromatic carbocycles. The van der Waals surface area contributed by atoms with E-state index in [1.165, 1.54) is 11.1 Å². The number of sulfone groups is 1. The van der Waals surface area contributed by atoms with Gasteiger partial charge in [0.1, 0.15) is 0 Å². The highest BCUT2D eigenvalue weighted by Crippen LogP contribution is 2.21. The van der Waals surface area contributed by atoms with Gasteiger partial charge in [-0.1, -0.05) is 67.6 Å². The Morgan fingerprint density at radius 2 is 1.59 bits per heavy atom. The Balaban J connectivity index is 0.00000420. The van der Waals surface area contributed by atoms with Gasteiger partial charge >= 0.3 is 0 Å². The van der Waals surface area contributed by atoms with Crippen molar-refractivity contribution < 1.29 is 8.42 Å². The van der Waals surface area contributed by atoms with E-state index in [4.69, 9.17) is 4.99 Å². The van der Waals surface area contributed by atoms with Gasteiger partial charge < -0.3 is 10.6 Å². The van der Waals surface area contributed by atoms with Crippen molar-refractivity contribution in [1.29, 1.82) is 0 Å². The summed E-state index contributed by atoms with van der Waals surface area (Å²) in [7, 11) is -2.99. The van der Waals surface area contributed by atoms with Crippen molar-refractivity contribution in [2.45, 2.75) is 26.2 Å². The third-order valence-corrected chi connectivity index (χ3v) is 6.26. The number of rotatable bonds is 10. The molecule has 29 heavy (non-hydrogen) atoms. The molecule has 1 atom stereocenters. The second-order valence-electron chi connectivity index (χ2n) is 6.68. The first-order valence-electron chi connectivity index (χ1n) is 9.85. The van der Waals surface area contributed by atoms with Crippen LogP contribution in [0, 0.1) is 0 Å². The molecule has 0 bridgehead atoms. The fraction of sp³-hybridized carbons (Fsp3) is 0.409. The summed E-state index contributed by atoms with van der Waals surface area (Å²) in [6.07, 6.45) is 0.901. The lowest BCUT2D eigenvalue weighted by Gasteiger charge is -2.17. The van der Waals surface area contributed by atoms with E-state index in [1.54, 1.807) is 6.92 Å². The SMILES string of the molecule is CCNC(=NCC(Cc1ccccc1)c1ccccc1)NCCS(=O)(=O)CC.I. The number of hydrogen-bond acceptors (Lipinski definition) is 3. The van der Waals surface area contributed by atoms with Crippen LogP contribution in [0.2, 0.25) is 0 Å². The summed E-state index contributed by atoms with van der Waals surface area (Å²) in [6, 6.07) is 20.8. The van der Waals surface area contributed by atoms with Crippen LogP contribution in [0.4, 0.5) is 0 Å². The summed E-state index contributed by atoms with van der Waals surface area (Å²) in [5, 5.41) is 6.34. The van der Waals surface area contributed by atoms with Crippen molar-refractivity contribution in [3.8, 4) is 0 Å². The summed E-state index contributed by atoms with van der Waals surface area (Å²) in [5.41, 5.74) is 2.53. The lowest BCUT2D eigenvalue weighted by atomic mass is 9.92. The minimum Gasteiger partial charge on any atom is -0.357 e. The molecule has 0 heterocycles. The molecule has 0 aliphatic rings. The molecule has 0 fully saturated rings. The lowest BCUT2D eigenvalue weighted by Crippen LogP contribution is -2.40. The van der Waals surface area contributed by atoms with Gasteiger partial charge in [0.25, 0.3) is 0 Å². The molecule has 2 aromatic rings. The molecular formula is C22H32IN3O2S. The predicted molar refractivity (Wildman–Crippen MR) is 133 cm³/mol. The Labute approximate surface area is 192 Å². The largest absolute Gasteiger partial charge is 0.357 e. The van der Waals surface area contributed by atoms with Crippen LogP contribution in [0.3, 0.4) is 0 Å². The Morgan fingerprint density at radius 3 is 2.17 bits per heavy atom. The average Bonchev–Trinajstić information content (AvgIpc) is 2.72. The van der Waals surface area contributed by atoms with Gasteiger partial charge in [-0.25, -0.2) is 8.42 Å². The molecule has 7 heteroatoms. The van der Waals surface area contributed by atoms with Gasteiger partial charge in [-0.05, 0) is 24.5 Å². The van der Waals surface area contributed by atoms with E-state index in [0.717, 1.165) is 13.0 Å². The Kier molecular flexibility index (Phi) is 11.9. The van der Waals surface area contributed by atoms with Crippen LogP contribution < -0.4 is 10.6 Å². The number of hydrogen-bond donors (Lipinski definition) is 2. The minimum atomic E-state index is -2.99. The molecular weight excluding hydrogens is 497 g/mol. The third kappa shape index (κ3) is 9.62. The van der Waals surface area contributed by atoms with Crippen molar-refractivity contribution in [2.75, 3.05) is 31.1 Å². The monoisotopic (exact) mass is 529 g/mol. The predicted octanol–water partition coefficient (Wildman–Crippen LogP) is 3.62. The van der Waals surface area contributed by atoms with E-state index in [9.17, 15) is 8.42 Å². The number of aliphatic imine (C=N–C) groups is 1. The Bertz CT molecular complexity index is 828. The molecule has 5 nitrogen and oxygen atoms in total. The van der Waals surface area contributed by atoms with Crippen LogP contribution in [0.1, 0.15) is 30.9 Å². The first-order chi connectivity index (χ1) is 13.5. The van der Waals surface area contributed by atoms with Crippen LogP contribution in [-0.2, 0) is 16.3 Å². The second kappa shape index (κ2) is 13.6. The number of halogens is 1. The van der Waals surface area contributed by atoms with E-state index < -0.39 is 9.84 Å². The third-order valence-electron chi connectivity index (χ3n) is 4.56. The summed E-state index contributed by atoms with van der Waals surface area (Å²) in [6.45, 7) is 5.37. The summed E-state index contributed by atoms with van der Waals surface area (Å²) < 4.78 is 23.4. The lowest BCUT2D eigenvalue weighted by molar-refractivity contribution is 0.595. The zero-order chi connectivity index (χ0) is 20.2. The van der Waals surface area contributed by atoms with Gasteiger partial charge in [-0.3, -0.25) is 4.99 Å². The highest BCUT2D eigenvalue weighted by molar-refractivity contribution is 14.0. The molecule has 0 aliphatic heterocycles. The number of nitrogens with zero attached hydrogens (tertiary/aromatic N) is 1. The van der Waals surface area contributed by atoms with Gasteiger partial charge in [0.05, 0.1) is 5.75 Å². The standard InChI is InChI=1S/C22H31N3O2S.HI/c1-3-23-22(24-15-16-28(26,27)4-2)25-18-21(20-13-9-6-10-14-20)17-19-11-7-5-8-12-19;/h5-14,21H,3-4,15-18H2,1-2H3,(H2,23,24,25);1H. The van der Waals surface area contributed by atoms with Crippen LogP contribution in [-0.4, -0.2) is 45.5 Å². The molecule has 1 unspecified atom stereocenters. The van der Waals surface area contributed by atoms with Crippen LogP contribution in [0.5, 0.6) is 0 Å². The molecule has 0 aliphatic carbocycles. The van der Waals surface area contributed by atoms with E-state index in [0.29, 0.717) is 19.0 Å². The summed E-state index contributed by atoms with van der Waals surface area (Å²) in [5.74, 6) is 1.18. The summed E-state index contributed by atoms with van der Waals surface area (Å²) >= 11 is 0. The number of guanidine groups is 1. The van der Waals surface area contributed by atoms with Crippen molar-refractivity contribution in [3.63, 3.8) is 0 Å². The maximum Gasteiger partial charge on any atom is 0.191 e.